The highest BCUT2D eigenvalue weighted by atomic mass is 16.3. The highest BCUT2D eigenvalue weighted by molar-refractivity contribution is 5.18. The quantitative estimate of drug-likeness (QED) is 0.840. The van der Waals surface area contributed by atoms with E-state index in [0.29, 0.717) is 12.5 Å². The van der Waals surface area contributed by atoms with E-state index in [4.69, 9.17) is 5.11 Å². The molecule has 3 nitrogen and oxygen atoms in total. The number of likely N-dealkylation sites (tertiary alicyclic amines) is 1. The molecule has 0 saturated carbocycles. The first-order valence-corrected chi connectivity index (χ1v) is 6.03. The molecule has 0 unspecified atom stereocenters. The van der Waals surface area contributed by atoms with Crippen LogP contribution >= 0.6 is 0 Å². The monoisotopic (exact) mass is 220 g/mol. The summed E-state index contributed by atoms with van der Waals surface area (Å²) < 4.78 is 0. The van der Waals surface area contributed by atoms with Crippen molar-refractivity contribution in [3.8, 4) is 0 Å². The van der Waals surface area contributed by atoms with Crippen LogP contribution in [0.3, 0.4) is 0 Å². The van der Waals surface area contributed by atoms with Gasteiger partial charge in [0.2, 0.25) is 0 Å². The minimum absolute atomic E-state index is 0.347. The first-order chi connectivity index (χ1) is 7.79. The molecule has 1 aromatic rings. The Kier molecular flexibility index (Phi) is 3.91. The third-order valence-electron chi connectivity index (χ3n) is 3.48. The molecule has 88 valence electrons. The average molecular weight is 220 g/mol. The van der Waals surface area contributed by atoms with Gasteiger partial charge in [-0.1, -0.05) is 6.07 Å². The van der Waals surface area contributed by atoms with Crippen LogP contribution in [0.1, 0.15) is 24.1 Å². The van der Waals surface area contributed by atoms with E-state index >= 15 is 0 Å². The van der Waals surface area contributed by atoms with Crippen molar-refractivity contribution in [2.75, 3.05) is 19.7 Å². The van der Waals surface area contributed by atoms with Crippen molar-refractivity contribution in [3.05, 3.63) is 29.6 Å². The van der Waals surface area contributed by atoms with Crippen LogP contribution in [-0.4, -0.2) is 34.7 Å². The number of hydrogen-bond donors (Lipinski definition) is 1. The largest absolute Gasteiger partial charge is 0.396 e. The fourth-order valence-corrected chi connectivity index (χ4v) is 2.25. The van der Waals surface area contributed by atoms with E-state index in [-0.39, 0.29) is 0 Å². The number of hydrogen-bond acceptors (Lipinski definition) is 3. The molecular weight excluding hydrogens is 200 g/mol. The average Bonchev–Trinajstić information content (AvgIpc) is 2.33. The van der Waals surface area contributed by atoms with Crippen molar-refractivity contribution in [3.63, 3.8) is 0 Å². The molecule has 1 fully saturated rings. The number of nitrogens with zero attached hydrogens (tertiary/aromatic N) is 2. The molecule has 1 saturated heterocycles. The highest BCUT2D eigenvalue weighted by Crippen LogP contribution is 2.18. The van der Waals surface area contributed by atoms with Crippen molar-refractivity contribution in [2.45, 2.75) is 26.3 Å². The Morgan fingerprint density at radius 2 is 2.19 bits per heavy atom. The second-order valence-electron chi connectivity index (χ2n) is 4.65. The molecule has 2 heterocycles. The summed E-state index contributed by atoms with van der Waals surface area (Å²) in [4.78, 5) is 6.76. The van der Waals surface area contributed by atoms with Crippen molar-refractivity contribution in [1.29, 1.82) is 0 Å². The van der Waals surface area contributed by atoms with E-state index in [9.17, 15) is 0 Å². The van der Waals surface area contributed by atoms with Crippen LogP contribution in [0.2, 0.25) is 0 Å². The summed E-state index contributed by atoms with van der Waals surface area (Å²) in [5.41, 5.74) is 2.46. The molecule has 0 aromatic carbocycles. The van der Waals surface area contributed by atoms with Gasteiger partial charge in [-0.25, -0.2) is 0 Å². The first-order valence-electron chi connectivity index (χ1n) is 6.03. The Hall–Kier alpha value is -0.930. The summed E-state index contributed by atoms with van der Waals surface area (Å²) in [5.74, 6) is 0.520. The van der Waals surface area contributed by atoms with Gasteiger partial charge in [0, 0.05) is 25.0 Å². The van der Waals surface area contributed by atoms with Crippen LogP contribution in [0.25, 0.3) is 0 Å². The number of aromatic nitrogens is 1. The maximum absolute atomic E-state index is 9.08. The normalized spacial score (nSPS) is 18.9. The zero-order valence-electron chi connectivity index (χ0n) is 9.89. The van der Waals surface area contributed by atoms with Gasteiger partial charge in [-0.15, -0.1) is 0 Å². The van der Waals surface area contributed by atoms with E-state index in [2.05, 4.69) is 22.9 Å². The molecule has 2 rings (SSSR count). The zero-order valence-corrected chi connectivity index (χ0v) is 9.89. The molecule has 3 heteroatoms. The van der Waals surface area contributed by atoms with Gasteiger partial charge in [-0.3, -0.25) is 9.88 Å². The van der Waals surface area contributed by atoms with E-state index in [1.807, 2.05) is 12.3 Å². The predicted molar refractivity (Wildman–Crippen MR) is 64.1 cm³/mol. The Balaban J connectivity index is 1.89. The van der Waals surface area contributed by atoms with Crippen molar-refractivity contribution < 1.29 is 5.11 Å². The second kappa shape index (κ2) is 5.41. The minimum atomic E-state index is 0.347. The molecule has 0 aliphatic carbocycles. The van der Waals surface area contributed by atoms with Crippen LogP contribution in [0.15, 0.2) is 18.3 Å². The molecule has 16 heavy (non-hydrogen) atoms. The van der Waals surface area contributed by atoms with Crippen LogP contribution in [0.4, 0.5) is 0 Å². The predicted octanol–water partition coefficient (Wildman–Crippen LogP) is 1.59. The van der Waals surface area contributed by atoms with Crippen LogP contribution in [-0.2, 0) is 6.54 Å². The van der Waals surface area contributed by atoms with Gasteiger partial charge in [0.15, 0.2) is 0 Å². The fraction of sp³-hybridized carbons (Fsp3) is 0.615. The van der Waals surface area contributed by atoms with Crippen molar-refractivity contribution in [2.24, 2.45) is 5.92 Å². The van der Waals surface area contributed by atoms with Crippen LogP contribution in [0.5, 0.6) is 0 Å². The number of rotatable bonds is 3. The maximum Gasteiger partial charge on any atom is 0.0460 e. The third kappa shape index (κ3) is 2.80. The molecular formula is C13H20N2O. The molecule has 0 radical (unpaired) electrons. The lowest BCUT2D eigenvalue weighted by Gasteiger charge is -2.31. The Morgan fingerprint density at radius 1 is 1.44 bits per heavy atom. The van der Waals surface area contributed by atoms with Crippen LogP contribution in [0, 0.1) is 12.8 Å². The molecule has 0 spiro atoms. The molecule has 1 aliphatic rings. The van der Waals surface area contributed by atoms with Gasteiger partial charge in [0.05, 0.1) is 0 Å². The molecule has 1 aliphatic heterocycles. The number of aliphatic hydroxyl groups excluding tert-OH is 1. The summed E-state index contributed by atoms with van der Waals surface area (Å²) in [6.07, 6.45) is 4.09. The summed E-state index contributed by atoms with van der Waals surface area (Å²) in [6, 6.07) is 4.16. The molecule has 0 atom stereocenters. The van der Waals surface area contributed by atoms with E-state index in [1.165, 1.54) is 5.56 Å². The Bertz CT molecular complexity index is 332. The fourth-order valence-electron chi connectivity index (χ4n) is 2.25. The van der Waals surface area contributed by atoms with Crippen LogP contribution < -0.4 is 0 Å². The van der Waals surface area contributed by atoms with E-state index < -0.39 is 0 Å². The number of aryl methyl sites for hydroxylation is 1. The summed E-state index contributed by atoms with van der Waals surface area (Å²) >= 11 is 0. The third-order valence-corrected chi connectivity index (χ3v) is 3.48. The van der Waals surface area contributed by atoms with Gasteiger partial charge in [-0.2, -0.15) is 0 Å². The lowest BCUT2D eigenvalue weighted by Crippen LogP contribution is -2.34. The molecule has 1 aromatic heterocycles. The zero-order chi connectivity index (χ0) is 11.4. The first kappa shape index (κ1) is 11.6. The summed E-state index contributed by atoms with van der Waals surface area (Å²) in [7, 11) is 0. The topological polar surface area (TPSA) is 36.4 Å². The van der Waals surface area contributed by atoms with Gasteiger partial charge >= 0.3 is 0 Å². The maximum atomic E-state index is 9.08. The lowest BCUT2D eigenvalue weighted by atomic mass is 9.97. The minimum Gasteiger partial charge on any atom is -0.396 e. The van der Waals surface area contributed by atoms with Gasteiger partial charge in [-0.05, 0) is 50.4 Å². The summed E-state index contributed by atoms with van der Waals surface area (Å²) in [5, 5.41) is 9.08. The molecule has 0 amide bonds. The number of piperidine rings is 1. The van der Waals surface area contributed by atoms with Crippen molar-refractivity contribution in [1.82, 2.24) is 9.88 Å². The lowest BCUT2D eigenvalue weighted by molar-refractivity contribution is 0.127. The highest BCUT2D eigenvalue weighted by Gasteiger charge is 2.18. The van der Waals surface area contributed by atoms with Gasteiger partial charge in [0.1, 0.15) is 0 Å². The summed E-state index contributed by atoms with van der Waals surface area (Å²) in [6.45, 7) is 5.60. The van der Waals surface area contributed by atoms with Gasteiger partial charge < -0.3 is 5.11 Å². The Labute approximate surface area is 97.1 Å². The SMILES string of the molecule is Cc1ncccc1CN1CCC(CO)CC1. The van der Waals surface area contributed by atoms with Gasteiger partial charge in [0.25, 0.3) is 0 Å². The molecule has 0 bridgehead atoms. The van der Waals surface area contributed by atoms with Crippen molar-refractivity contribution >= 4 is 0 Å². The Morgan fingerprint density at radius 3 is 2.81 bits per heavy atom. The van der Waals surface area contributed by atoms with E-state index in [1.54, 1.807) is 0 Å². The number of pyridine rings is 1. The smallest absolute Gasteiger partial charge is 0.0460 e. The standard InChI is InChI=1S/C13H20N2O/c1-11-13(3-2-6-14-11)9-15-7-4-12(10-16)5-8-15/h2-3,6,12,16H,4-5,7-10H2,1H3. The second-order valence-corrected chi connectivity index (χ2v) is 4.65. The number of aliphatic hydroxyl groups is 1. The molecule has 1 N–H and O–H groups in total. The van der Waals surface area contributed by atoms with E-state index in [0.717, 1.165) is 38.2 Å².